The normalized spacial score (nSPS) is 17.9. The lowest BCUT2D eigenvalue weighted by Gasteiger charge is -2.26. The summed E-state index contributed by atoms with van der Waals surface area (Å²) in [5.74, 6) is 1.33. The van der Waals surface area contributed by atoms with Gasteiger partial charge in [0.05, 0.1) is 19.3 Å². The van der Waals surface area contributed by atoms with Gasteiger partial charge < -0.3 is 15.2 Å². The van der Waals surface area contributed by atoms with E-state index in [0.717, 1.165) is 24.2 Å². The van der Waals surface area contributed by atoms with E-state index < -0.39 is 6.10 Å². The molecule has 20 heavy (non-hydrogen) atoms. The average Bonchev–Trinajstić information content (AvgIpc) is 2.42. The summed E-state index contributed by atoms with van der Waals surface area (Å²) in [5, 5.41) is 13.1. The van der Waals surface area contributed by atoms with Gasteiger partial charge in [0, 0.05) is 6.42 Å². The molecule has 1 amide bonds. The maximum Gasteiger partial charge on any atom is 0.220 e. The molecule has 4 nitrogen and oxygen atoms in total. The summed E-state index contributed by atoms with van der Waals surface area (Å²) in [7, 11) is 1.61. The predicted octanol–water partition coefficient (Wildman–Crippen LogP) is 2.42. The van der Waals surface area contributed by atoms with E-state index in [2.05, 4.69) is 5.32 Å². The van der Waals surface area contributed by atoms with Crippen molar-refractivity contribution in [2.45, 2.75) is 44.8 Å². The maximum atomic E-state index is 11.9. The maximum absolute atomic E-state index is 11.9. The number of benzene rings is 1. The second kappa shape index (κ2) is 6.75. The van der Waals surface area contributed by atoms with Crippen molar-refractivity contribution in [1.29, 1.82) is 0 Å². The highest BCUT2D eigenvalue weighted by molar-refractivity contribution is 5.76. The summed E-state index contributed by atoms with van der Waals surface area (Å²) >= 11 is 0. The minimum atomic E-state index is -0.703. The first-order chi connectivity index (χ1) is 9.60. The molecule has 1 aromatic rings. The van der Waals surface area contributed by atoms with Crippen LogP contribution in [0.2, 0.25) is 0 Å². The number of aliphatic hydroxyl groups is 1. The number of hydrogen-bond donors (Lipinski definition) is 2. The van der Waals surface area contributed by atoms with Gasteiger partial charge in [-0.1, -0.05) is 18.6 Å². The van der Waals surface area contributed by atoms with Crippen molar-refractivity contribution in [2.75, 3.05) is 7.11 Å². The highest BCUT2D eigenvalue weighted by atomic mass is 16.5. The standard InChI is InChI=1S/C16H23NO3/c1-11(17-15(18)10-12-4-3-5-12)16(19)13-6-8-14(20-2)9-7-13/h6-9,11-12,16,19H,3-5,10H2,1-2H3,(H,17,18). The fourth-order valence-electron chi connectivity index (χ4n) is 2.44. The lowest BCUT2D eigenvalue weighted by atomic mass is 9.83. The number of nitrogens with one attached hydrogen (secondary N) is 1. The summed E-state index contributed by atoms with van der Waals surface area (Å²) in [5.41, 5.74) is 0.780. The summed E-state index contributed by atoms with van der Waals surface area (Å²) in [6.07, 6.45) is 3.43. The first kappa shape index (κ1) is 14.9. The van der Waals surface area contributed by atoms with Crippen LogP contribution in [0.3, 0.4) is 0 Å². The van der Waals surface area contributed by atoms with E-state index in [9.17, 15) is 9.90 Å². The first-order valence-electron chi connectivity index (χ1n) is 7.21. The van der Waals surface area contributed by atoms with E-state index in [1.807, 2.05) is 31.2 Å². The van der Waals surface area contributed by atoms with Gasteiger partial charge in [-0.3, -0.25) is 4.79 Å². The average molecular weight is 277 g/mol. The third-order valence-electron chi connectivity index (χ3n) is 4.02. The molecular weight excluding hydrogens is 254 g/mol. The quantitative estimate of drug-likeness (QED) is 0.839. The molecule has 0 radical (unpaired) electrons. The van der Waals surface area contributed by atoms with Crippen LogP contribution in [-0.2, 0) is 4.79 Å². The zero-order valence-electron chi connectivity index (χ0n) is 12.1. The second-order valence-electron chi connectivity index (χ2n) is 5.58. The van der Waals surface area contributed by atoms with Crippen LogP contribution in [0.1, 0.15) is 44.3 Å². The Morgan fingerprint density at radius 3 is 2.55 bits per heavy atom. The minimum Gasteiger partial charge on any atom is -0.497 e. The number of rotatable bonds is 6. The topological polar surface area (TPSA) is 58.6 Å². The van der Waals surface area contributed by atoms with E-state index in [0.29, 0.717) is 12.3 Å². The van der Waals surface area contributed by atoms with Crippen molar-refractivity contribution in [2.24, 2.45) is 5.92 Å². The number of amides is 1. The molecule has 1 aliphatic carbocycles. The number of carbonyl (C=O) groups is 1. The smallest absolute Gasteiger partial charge is 0.220 e. The van der Waals surface area contributed by atoms with Gasteiger partial charge >= 0.3 is 0 Å². The Bertz CT molecular complexity index is 440. The lowest BCUT2D eigenvalue weighted by Crippen LogP contribution is -2.38. The molecule has 0 aliphatic heterocycles. The molecule has 2 rings (SSSR count). The van der Waals surface area contributed by atoms with Gasteiger partial charge in [-0.2, -0.15) is 0 Å². The molecule has 2 atom stereocenters. The molecule has 1 fully saturated rings. The molecule has 2 unspecified atom stereocenters. The van der Waals surface area contributed by atoms with Crippen LogP contribution in [0.25, 0.3) is 0 Å². The zero-order chi connectivity index (χ0) is 14.5. The van der Waals surface area contributed by atoms with Crippen molar-refractivity contribution in [3.05, 3.63) is 29.8 Å². The summed E-state index contributed by atoms with van der Waals surface area (Å²) in [6, 6.07) is 6.95. The lowest BCUT2D eigenvalue weighted by molar-refractivity contribution is -0.124. The molecular formula is C16H23NO3. The Labute approximate surface area is 120 Å². The minimum absolute atomic E-state index is 0.0368. The van der Waals surface area contributed by atoms with E-state index in [1.165, 1.54) is 6.42 Å². The Hall–Kier alpha value is -1.55. The largest absolute Gasteiger partial charge is 0.497 e. The fourth-order valence-corrected chi connectivity index (χ4v) is 2.44. The Balaban J connectivity index is 1.86. The molecule has 1 aliphatic rings. The molecule has 0 heterocycles. The molecule has 1 aromatic carbocycles. The number of ether oxygens (including phenoxy) is 1. The first-order valence-corrected chi connectivity index (χ1v) is 7.21. The van der Waals surface area contributed by atoms with Crippen LogP contribution < -0.4 is 10.1 Å². The van der Waals surface area contributed by atoms with Gasteiger partial charge in [-0.15, -0.1) is 0 Å². The van der Waals surface area contributed by atoms with Crippen LogP contribution in [0, 0.1) is 5.92 Å². The van der Waals surface area contributed by atoms with Crippen molar-refractivity contribution >= 4 is 5.91 Å². The van der Waals surface area contributed by atoms with Crippen LogP contribution >= 0.6 is 0 Å². The predicted molar refractivity (Wildman–Crippen MR) is 77.5 cm³/mol. The second-order valence-corrected chi connectivity index (χ2v) is 5.58. The number of hydrogen-bond acceptors (Lipinski definition) is 3. The Kier molecular flexibility index (Phi) is 5.01. The highest BCUT2D eigenvalue weighted by Gasteiger charge is 2.23. The zero-order valence-corrected chi connectivity index (χ0v) is 12.1. The highest BCUT2D eigenvalue weighted by Crippen LogP contribution is 2.29. The number of aliphatic hydroxyl groups excluding tert-OH is 1. The van der Waals surface area contributed by atoms with Crippen LogP contribution in [0.15, 0.2) is 24.3 Å². The molecule has 4 heteroatoms. The number of carbonyl (C=O) groups excluding carboxylic acids is 1. The molecule has 110 valence electrons. The van der Waals surface area contributed by atoms with Gasteiger partial charge in [0.25, 0.3) is 0 Å². The van der Waals surface area contributed by atoms with Gasteiger partial charge in [-0.05, 0) is 43.4 Å². The van der Waals surface area contributed by atoms with Gasteiger partial charge in [-0.25, -0.2) is 0 Å². The summed E-state index contributed by atoms with van der Waals surface area (Å²) in [6.45, 7) is 1.83. The number of methoxy groups -OCH3 is 1. The monoisotopic (exact) mass is 277 g/mol. The molecule has 0 aromatic heterocycles. The molecule has 0 saturated heterocycles. The van der Waals surface area contributed by atoms with Gasteiger partial charge in [0.15, 0.2) is 0 Å². The Morgan fingerprint density at radius 1 is 1.40 bits per heavy atom. The summed E-state index contributed by atoms with van der Waals surface area (Å²) < 4.78 is 5.09. The third kappa shape index (κ3) is 3.73. The Morgan fingerprint density at radius 2 is 2.05 bits per heavy atom. The fraction of sp³-hybridized carbons (Fsp3) is 0.562. The van der Waals surface area contributed by atoms with Crippen molar-refractivity contribution < 1.29 is 14.6 Å². The van der Waals surface area contributed by atoms with E-state index in [-0.39, 0.29) is 11.9 Å². The van der Waals surface area contributed by atoms with Crippen LogP contribution in [0.4, 0.5) is 0 Å². The van der Waals surface area contributed by atoms with E-state index in [1.54, 1.807) is 7.11 Å². The van der Waals surface area contributed by atoms with Crippen LogP contribution in [-0.4, -0.2) is 24.2 Å². The van der Waals surface area contributed by atoms with Crippen LogP contribution in [0.5, 0.6) is 5.75 Å². The molecule has 0 spiro atoms. The van der Waals surface area contributed by atoms with Crippen molar-refractivity contribution in [1.82, 2.24) is 5.32 Å². The molecule has 2 N–H and O–H groups in total. The third-order valence-corrected chi connectivity index (χ3v) is 4.02. The molecule has 0 bridgehead atoms. The van der Waals surface area contributed by atoms with Crippen molar-refractivity contribution in [3.8, 4) is 5.75 Å². The van der Waals surface area contributed by atoms with Gasteiger partial charge in [0.2, 0.25) is 5.91 Å². The molecule has 1 saturated carbocycles. The van der Waals surface area contributed by atoms with Crippen molar-refractivity contribution in [3.63, 3.8) is 0 Å². The van der Waals surface area contributed by atoms with E-state index in [4.69, 9.17) is 4.74 Å². The van der Waals surface area contributed by atoms with Gasteiger partial charge in [0.1, 0.15) is 5.75 Å². The summed E-state index contributed by atoms with van der Waals surface area (Å²) in [4.78, 5) is 11.9. The van der Waals surface area contributed by atoms with E-state index >= 15 is 0 Å². The SMILES string of the molecule is COc1ccc(C(O)C(C)NC(=O)CC2CCC2)cc1.